The average Bonchev–Trinajstić information content (AvgIpc) is 3.99. The lowest BCUT2D eigenvalue weighted by Gasteiger charge is -2.35. The highest BCUT2D eigenvalue weighted by Gasteiger charge is 2.61. The summed E-state index contributed by atoms with van der Waals surface area (Å²) in [5, 5.41) is 11.3. The Morgan fingerprint density at radius 1 is 1.02 bits per heavy atom. The molecule has 2 heterocycles. The summed E-state index contributed by atoms with van der Waals surface area (Å²) in [5.41, 5.74) is -0.304. The normalized spacial score (nSPS) is 29.4. The van der Waals surface area contributed by atoms with Gasteiger partial charge in [0.25, 0.3) is 0 Å². The van der Waals surface area contributed by atoms with Gasteiger partial charge in [-0.3, -0.25) is 24.2 Å². The van der Waals surface area contributed by atoms with Crippen molar-refractivity contribution in [1.29, 1.82) is 0 Å². The summed E-state index contributed by atoms with van der Waals surface area (Å²) in [4.78, 5) is 61.8. The molecular formula is C45H61ClN2O9. The van der Waals surface area contributed by atoms with Gasteiger partial charge in [-0.1, -0.05) is 65.0 Å². The number of aromatic nitrogens is 1. The van der Waals surface area contributed by atoms with Crippen molar-refractivity contribution >= 4 is 46.1 Å². The van der Waals surface area contributed by atoms with E-state index in [0.717, 1.165) is 44.2 Å². The maximum Gasteiger partial charge on any atom is 0.310 e. The summed E-state index contributed by atoms with van der Waals surface area (Å²) in [5.74, 6) is -0.235. The number of nitrogens with zero attached hydrogens (tertiary/aromatic N) is 2. The van der Waals surface area contributed by atoms with E-state index in [-0.39, 0.29) is 61.5 Å². The van der Waals surface area contributed by atoms with Gasteiger partial charge in [-0.2, -0.15) is 0 Å². The van der Waals surface area contributed by atoms with Crippen molar-refractivity contribution in [3.63, 3.8) is 0 Å². The van der Waals surface area contributed by atoms with Crippen LogP contribution in [0.25, 0.3) is 10.9 Å². The van der Waals surface area contributed by atoms with E-state index in [1.807, 2.05) is 46.8 Å². The van der Waals surface area contributed by atoms with Crippen molar-refractivity contribution < 1.29 is 43.2 Å². The van der Waals surface area contributed by atoms with Gasteiger partial charge in [0.05, 0.1) is 42.0 Å². The minimum absolute atomic E-state index is 0.0898. The molecule has 11 nitrogen and oxygen atoms in total. The van der Waals surface area contributed by atoms with Crippen LogP contribution in [0.1, 0.15) is 130 Å². The molecule has 1 aromatic heterocycles. The van der Waals surface area contributed by atoms with E-state index >= 15 is 0 Å². The first-order chi connectivity index (χ1) is 27.1. The SMILES string of the molecule is CC[C@@H]1C[C@]1(CC(=O)[C@@H]1C[C@@H](Oc2cc(C3CCCCC3)nc3c(Cl)c(OCC(C)OC)ccc23)CN1C(=O)[C@@H](CC(=O)OC1C[C@@H]2C[C@@H]2C1)C(C)(C)C)C(=O)O. The summed E-state index contributed by atoms with van der Waals surface area (Å²) >= 11 is 7.03. The molecule has 57 heavy (non-hydrogen) atoms. The monoisotopic (exact) mass is 808 g/mol. The van der Waals surface area contributed by atoms with Gasteiger partial charge in [-0.25, -0.2) is 0 Å². The van der Waals surface area contributed by atoms with Gasteiger partial charge in [-0.05, 0) is 80.8 Å². The largest absolute Gasteiger partial charge is 0.489 e. The number of carboxylic acid groups (broad SMARTS) is 1. The minimum atomic E-state index is -1.12. The van der Waals surface area contributed by atoms with Gasteiger partial charge in [0.15, 0.2) is 5.78 Å². The number of amides is 1. The third-order valence-electron chi connectivity index (χ3n) is 13.8. The highest BCUT2D eigenvalue weighted by Crippen LogP contribution is 2.58. The lowest BCUT2D eigenvalue weighted by atomic mass is 9.77. The highest BCUT2D eigenvalue weighted by atomic mass is 35.5. The number of halogens is 1. The van der Waals surface area contributed by atoms with Crippen LogP contribution in [0.5, 0.6) is 11.5 Å². The molecule has 12 heteroatoms. The van der Waals surface area contributed by atoms with Gasteiger partial charge >= 0.3 is 11.9 Å². The zero-order valence-corrected chi connectivity index (χ0v) is 35.3. The number of benzene rings is 1. The highest BCUT2D eigenvalue weighted by molar-refractivity contribution is 6.36. The number of Topliss-reactive ketones (excluding diaryl/α,β-unsaturated/α-hetero) is 1. The van der Waals surface area contributed by atoms with E-state index < -0.39 is 40.8 Å². The molecule has 0 bridgehead atoms. The Bertz CT molecular complexity index is 1850. The second-order valence-electron chi connectivity index (χ2n) is 18.9. The van der Waals surface area contributed by atoms with Gasteiger partial charge in [0.2, 0.25) is 5.91 Å². The molecule has 1 aliphatic heterocycles. The Morgan fingerprint density at radius 2 is 1.74 bits per heavy atom. The maximum absolute atomic E-state index is 14.8. The summed E-state index contributed by atoms with van der Waals surface area (Å²) in [6.07, 6.45) is 8.58. The smallest absolute Gasteiger partial charge is 0.310 e. The molecule has 0 radical (unpaired) electrons. The zero-order valence-electron chi connectivity index (χ0n) is 34.5. The standard InChI is InChI=1S/C45H61ClN2O9/c1-7-29-21-45(29,43(52)53)22-36(49)35-18-31(23-48(35)42(51)33(44(3,4)5)19-39(50)57-30-16-27-15-28(27)17-30)56-38-20-34(26-11-9-8-10-12-26)47-41-32(38)13-14-37(40(41)46)55-24-25(2)54-6/h13-14,20,25-31,33,35H,7-12,15-19,21-24H2,1-6H3,(H,52,53)/t25?,27-,28+,29-,30?,31-,33-,35+,45-/m1/s1. The van der Waals surface area contributed by atoms with Crippen molar-refractivity contribution in [2.75, 3.05) is 20.3 Å². The lowest BCUT2D eigenvalue weighted by Crippen LogP contribution is -2.48. The molecule has 0 spiro atoms. The molecule has 2 aromatic rings. The van der Waals surface area contributed by atoms with E-state index in [1.54, 1.807) is 18.1 Å². The van der Waals surface area contributed by atoms with E-state index in [2.05, 4.69) is 0 Å². The number of fused-ring (bicyclic) bond motifs is 2. The average molecular weight is 809 g/mol. The number of esters is 1. The van der Waals surface area contributed by atoms with E-state index in [1.165, 1.54) is 12.8 Å². The molecule has 1 N–H and O–H groups in total. The Hall–Kier alpha value is -3.44. The predicted molar refractivity (Wildman–Crippen MR) is 215 cm³/mol. The molecular weight excluding hydrogens is 748 g/mol. The first-order valence-electron chi connectivity index (χ1n) is 21.3. The topological polar surface area (TPSA) is 142 Å². The number of carboxylic acids is 1. The van der Waals surface area contributed by atoms with Crippen molar-refractivity contribution in [2.24, 2.45) is 34.5 Å². The Labute approximate surface area is 341 Å². The van der Waals surface area contributed by atoms with Crippen LogP contribution in [0.3, 0.4) is 0 Å². The van der Waals surface area contributed by atoms with Crippen LogP contribution in [-0.4, -0.2) is 83.2 Å². The molecule has 1 amide bonds. The quantitative estimate of drug-likeness (QED) is 0.164. The summed E-state index contributed by atoms with van der Waals surface area (Å²) < 4.78 is 24.2. The maximum atomic E-state index is 14.8. The first kappa shape index (κ1) is 41.7. The predicted octanol–water partition coefficient (Wildman–Crippen LogP) is 8.55. The van der Waals surface area contributed by atoms with Crippen LogP contribution in [0.4, 0.5) is 0 Å². The molecule has 1 saturated heterocycles. The molecule has 4 aliphatic carbocycles. The number of aliphatic carboxylic acids is 1. The van der Waals surface area contributed by atoms with Crippen molar-refractivity contribution in [1.82, 2.24) is 9.88 Å². The van der Waals surface area contributed by atoms with E-state index in [0.29, 0.717) is 58.7 Å². The Kier molecular flexibility index (Phi) is 12.2. The van der Waals surface area contributed by atoms with Gasteiger partial charge in [0, 0.05) is 43.0 Å². The fraction of sp³-hybridized carbons (Fsp3) is 0.711. The molecule has 4 saturated carbocycles. The fourth-order valence-electron chi connectivity index (χ4n) is 9.95. The molecule has 7 rings (SSSR count). The number of hydrogen-bond donors (Lipinski definition) is 1. The van der Waals surface area contributed by atoms with E-state index in [9.17, 15) is 24.3 Å². The minimum Gasteiger partial charge on any atom is -0.489 e. The second-order valence-corrected chi connectivity index (χ2v) is 19.2. The number of ketones is 1. The second kappa shape index (κ2) is 16.7. The van der Waals surface area contributed by atoms with Gasteiger partial charge < -0.3 is 29.0 Å². The summed E-state index contributed by atoms with van der Waals surface area (Å²) in [6.45, 7) is 10.1. The van der Waals surface area contributed by atoms with Crippen LogP contribution >= 0.6 is 11.6 Å². The zero-order chi connectivity index (χ0) is 40.8. The number of carbonyl (C=O) groups excluding carboxylic acids is 3. The Balaban J connectivity index is 1.18. The van der Waals surface area contributed by atoms with E-state index in [4.69, 9.17) is 35.5 Å². The number of pyridine rings is 1. The molecule has 5 aliphatic rings. The number of methoxy groups -OCH3 is 1. The Morgan fingerprint density at radius 3 is 2.37 bits per heavy atom. The number of hydrogen-bond acceptors (Lipinski definition) is 9. The number of carbonyl (C=O) groups is 4. The third kappa shape index (κ3) is 8.94. The number of ether oxygens (including phenoxy) is 4. The van der Waals surface area contributed by atoms with Crippen LogP contribution in [-0.2, 0) is 28.7 Å². The molecule has 5 fully saturated rings. The summed E-state index contributed by atoms with van der Waals surface area (Å²) in [6, 6.07) is 4.76. The van der Waals surface area contributed by atoms with Crippen molar-refractivity contribution in [3.05, 3.63) is 28.9 Å². The van der Waals surface area contributed by atoms with Crippen molar-refractivity contribution in [2.45, 2.75) is 148 Å². The fourth-order valence-corrected chi connectivity index (χ4v) is 10.2. The van der Waals surface area contributed by atoms with Crippen LogP contribution < -0.4 is 9.47 Å². The van der Waals surface area contributed by atoms with Gasteiger partial charge in [0.1, 0.15) is 35.3 Å². The number of likely N-dealkylation sites (tertiary alicyclic amines) is 1. The molecule has 9 atom stereocenters. The molecule has 312 valence electrons. The van der Waals surface area contributed by atoms with Crippen LogP contribution in [0, 0.1) is 34.5 Å². The summed E-state index contributed by atoms with van der Waals surface area (Å²) in [7, 11) is 1.63. The number of rotatable bonds is 16. The lowest BCUT2D eigenvalue weighted by molar-refractivity contribution is -0.157. The van der Waals surface area contributed by atoms with Crippen LogP contribution in [0.15, 0.2) is 18.2 Å². The van der Waals surface area contributed by atoms with Gasteiger partial charge in [-0.15, -0.1) is 0 Å². The molecule has 1 aromatic carbocycles. The third-order valence-corrected chi connectivity index (χ3v) is 14.2. The molecule has 2 unspecified atom stereocenters. The first-order valence-corrected chi connectivity index (χ1v) is 21.7. The van der Waals surface area contributed by atoms with Crippen molar-refractivity contribution in [3.8, 4) is 11.5 Å². The van der Waals surface area contributed by atoms with Crippen LogP contribution in [0.2, 0.25) is 5.02 Å².